The van der Waals surface area contributed by atoms with Crippen LogP contribution >= 0.6 is 11.3 Å². The fourth-order valence-electron chi connectivity index (χ4n) is 2.53. The molecule has 2 rings (SSSR count). The molecule has 0 aliphatic heterocycles. The monoisotopic (exact) mass is 451 g/mol. The molecule has 0 saturated carbocycles. The van der Waals surface area contributed by atoms with Gasteiger partial charge in [-0.05, 0) is 32.0 Å². The maximum absolute atomic E-state index is 12.7. The minimum absolute atomic E-state index is 0.0795. The summed E-state index contributed by atoms with van der Waals surface area (Å²) in [6.07, 6.45) is 1.50. The van der Waals surface area contributed by atoms with Gasteiger partial charge in [-0.2, -0.15) is 5.26 Å². The molecule has 0 spiro atoms. The van der Waals surface area contributed by atoms with Crippen LogP contribution in [0.5, 0.6) is 0 Å². The number of nitriles is 1. The number of hydrogen-bond donors (Lipinski definition) is 3. The van der Waals surface area contributed by atoms with E-state index in [-0.39, 0.29) is 23.0 Å². The number of amides is 2. The fourth-order valence-corrected chi connectivity index (χ4v) is 3.52. The van der Waals surface area contributed by atoms with Gasteiger partial charge in [0.2, 0.25) is 5.91 Å². The summed E-state index contributed by atoms with van der Waals surface area (Å²) in [6.45, 7) is 7.91. The van der Waals surface area contributed by atoms with Crippen molar-refractivity contribution in [3.8, 4) is 6.07 Å². The lowest BCUT2D eigenvalue weighted by atomic mass is 10.2. The average Bonchev–Trinajstić information content (AvgIpc) is 3.06. The Hall–Kier alpha value is -3.82. The number of anilines is 2. The molecule has 0 fully saturated rings. The number of thiazole rings is 1. The summed E-state index contributed by atoms with van der Waals surface area (Å²) in [6, 6.07) is 8.98. The first-order chi connectivity index (χ1) is 15.3. The Kier molecular flexibility index (Phi) is 8.82. The van der Waals surface area contributed by atoms with Gasteiger partial charge in [-0.3, -0.25) is 19.0 Å². The maximum atomic E-state index is 12.7. The number of carbonyl (C=O) groups is 2. The molecule has 2 aromatic rings. The van der Waals surface area contributed by atoms with Gasteiger partial charge in [0.1, 0.15) is 15.3 Å². The minimum atomic E-state index is -0.536. The summed E-state index contributed by atoms with van der Waals surface area (Å²) in [4.78, 5) is 36.5. The van der Waals surface area contributed by atoms with Gasteiger partial charge in [-0.15, -0.1) is 0 Å². The Labute approximate surface area is 189 Å². The zero-order valence-electron chi connectivity index (χ0n) is 18.4. The summed E-state index contributed by atoms with van der Waals surface area (Å²) in [7, 11) is 0. The third-order valence-electron chi connectivity index (χ3n) is 4.20. The van der Waals surface area contributed by atoms with Crippen molar-refractivity contribution in [2.75, 3.05) is 17.2 Å². The predicted octanol–water partition coefficient (Wildman–Crippen LogP) is 1.49. The first-order valence-electron chi connectivity index (χ1n) is 10.1. The highest BCUT2D eigenvalue weighted by atomic mass is 32.1. The summed E-state index contributed by atoms with van der Waals surface area (Å²) in [5, 5.41) is 17.6. The van der Waals surface area contributed by atoms with Crippen molar-refractivity contribution in [3.05, 3.63) is 55.6 Å². The lowest BCUT2D eigenvalue weighted by Gasteiger charge is -2.08. The molecule has 8 nitrogen and oxygen atoms in total. The molecular formula is C23H25N5O3S. The largest absolute Gasteiger partial charge is 0.355 e. The Balaban J connectivity index is 2.44. The number of nitrogens with one attached hydrogen (secondary N) is 3. The van der Waals surface area contributed by atoms with Crippen LogP contribution in [0.1, 0.15) is 27.7 Å². The number of likely N-dealkylation sites (N-methyl/N-ethyl adjacent to an activating group) is 1. The van der Waals surface area contributed by atoms with Gasteiger partial charge in [0.05, 0.1) is 0 Å². The standard InChI is InChI=1S/C23H25N5O3S/c1-5-25-22(30)16(14-24)12-20-28(6-2)23(31)19(32-20)10-11-26-17-8-7-9-18(13-17)27-21(29)15(3)4/h7-9,11,13,15,26H,5-6H2,1-4H3,(H,25,30)(H,27,29). The van der Waals surface area contributed by atoms with Gasteiger partial charge >= 0.3 is 0 Å². The van der Waals surface area contributed by atoms with Crippen molar-refractivity contribution in [3.63, 3.8) is 0 Å². The Morgan fingerprint density at radius 1 is 1.25 bits per heavy atom. The van der Waals surface area contributed by atoms with Gasteiger partial charge in [-0.1, -0.05) is 42.7 Å². The number of benzene rings is 1. The van der Waals surface area contributed by atoms with Crippen LogP contribution in [0.4, 0.5) is 11.4 Å². The minimum Gasteiger partial charge on any atom is -0.355 e. The molecule has 1 heterocycles. The van der Waals surface area contributed by atoms with E-state index in [2.05, 4.69) is 27.4 Å². The van der Waals surface area contributed by atoms with Gasteiger partial charge in [0, 0.05) is 36.6 Å². The summed E-state index contributed by atoms with van der Waals surface area (Å²) in [5.41, 5.74) is 6.54. The molecule has 0 aliphatic rings. The molecule has 1 aromatic heterocycles. The second-order valence-corrected chi connectivity index (χ2v) is 7.91. The molecule has 0 radical (unpaired) electrons. The van der Waals surface area contributed by atoms with Crippen molar-refractivity contribution in [1.29, 1.82) is 5.26 Å². The molecule has 3 N–H and O–H groups in total. The fraction of sp³-hybridized carbons (Fsp3) is 0.304. The van der Waals surface area contributed by atoms with E-state index in [0.717, 1.165) is 11.3 Å². The van der Waals surface area contributed by atoms with Crippen LogP contribution in [0.2, 0.25) is 0 Å². The van der Waals surface area contributed by atoms with Gasteiger partial charge in [0.25, 0.3) is 11.5 Å². The van der Waals surface area contributed by atoms with Crippen LogP contribution in [-0.2, 0) is 16.1 Å². The second-order valence-electron chi connectivity index (χ2n) is 6.91. The van der Waals surface area contributed by atoms with Crippen molar-refractivity contribution in [1.82, 2.24) is 9.88 Å². The smallest absolute Gasteiger partial charge is 0.277 e. The second kappa shape index (κ2) is 11.5. The van der Waals surface area contributed by atoms with E-state index < -0.39 is 5.91 Å². The third kappa shape index (κ3) is 6.34. The van der Waals surface area contributed by atoms with E-state index in [0.29, 0.717) is 33.7 Å². The van der Waals surface area contributed by atoms with Crippen molar-refractivity contribution < 1.29 is 9.59 Å². The Bertz CT molecular complexity index is 1300. The summed E-state index contributed by atoms with van der Waals surface area (Å²) in [5.74, 6) is -0.746. The van der Waals surface area contributed by atoms with Crippen LogP contribution in [-0.4, -0.2) is 22.9 Å². The van der Waals surface area contributed by atoms with Gasteiger partial charge < -0.3 is 16.0 Å². The topological polar surface area (TPSA) is 116 Å². The molecule has 0 bridgehead atoms. The zero-order chi connectivity index (χ0) is 23.7. The van der Waals surface area contributed by atoms with Gasteiger partial charge in [-0.25, -0.2) is 0 Å². The predicted molar refractivity (Wildman–Crippen MR) is 126 cm³/mol. The molecule has 0 unspecified atom stereocenters. The maximum Gasteiger partial charge on any atom is 0.277 e. The molecule has 0 atom stereocenters. The zero-order valence-corrected chi connectivity index (χ0v) is 19.2. The number of aromatic nitrogens is 1. The number of rotatable bonds is 7. The highest BCUT2D eigenvalue weighted by molar-refractivity contribution is 7.07. The first kappa shape index (κ1) is 24.4. The van der Waals surface area contributed by atoms with Crippen molar-refractivity contribution in [2.24, 2.45) is 5.92 Å². The molecular weight excluding hydrogens is 426 g/mol. The molecule has 0 saturated heterocycles. The Morgan fingerprint density at radius 3 is 2.59 bits per heavy atom. The lowest BCUT2D eigenvalue weighted by Crippen LogP contribution is -2.30. The van der Waals surface area contributed by atoms with Crippen molar-refractivity contribution in [2.45, 2.75) is 34.2 Å². The molecule has 1 aromatic carbocycles. The van der Waals surface area contributed by atoms with Crippen LogP contribution < -0.4 is 30.7 Å². The number of hydrogen-bond acceptors (Lipinski definition) is 6. The van der Waals surface area contributed by atoms with E-state index in [1.54, 1.807) is 32.0 Å². The van der Waals surface area contributed by atoms with E-state index in [9.17, 15) is 19.6 Å². The van der Waals surface area contributed by atoms with Crippen LogP contribution in [0.3, 0.4) is 0 Å². The van der Waals surface area contributed by atoms with Crippen molar-refractivity contribution >= 4 is 46.0 Å². The van der Waals surface area contributed by atoms with Crippen LogP contribution in [0, 0.1) is 17.2 Å². The lowest BCUT2D eigenvalue weighted by molar-refractivity contribution is -0.119. The molecule has 2 amide bonds. The van der Waals surface area contributed by atoms with E-state index in [4.69, 9.17) is 0 Å². The number of nitrogens with zero attached hydrogens (tertiary/aromatic N) is 2. The molecule has 166 valence electrons. The molecule has 9 heteroatoms. The summed E-state index contributed by atoms with van der Waals surface area (Å²) >= 11 is 1.09. The molecule has 0 aliphatic carbocycles. The number of carbonyl (C=O) groups excluding carboxylic acids is 2. The highest BCUT2D eigenvalue weighted by Gasteiger charge is 2.08. The normalized spacial score (nSPS) is 9.88. The van der Waals surface area contributed by atoms with E-state index in [1.165, 1.54) is 10.8 Å². The Morgan fingerprint density at radius 2 is 1.97 bits per heavy atom. The van der Waals surface area contributed by atoms with Gasteiger partial charge in [0.15, 0.2) is 5.57 Å². The highest BCUT2D eigenvalue weighted by Crippen LogP contribution is 2.15. The van der Waals surface area contributed by atoms with E-state index in [1.807, 2.05) is 26.0 Å². The SMILES string of the molecule is CCNC(=O)C(=C=c1sc(=C=CNc2cccc(NC(=O)C(C)C)c2)c(=O)n1CC)C#N. The molecule has 32 heavy (non-hydrogen) atoms. The van der Waals surface area contributed by atoms with Crippen LogP contribution in [0.15, 0.2) is 40.8 Å². The summed E-state index contributed by atoms with van der Waals surface area (Å²) < 4.78 is 2.10. The van der Waals surface area contributed by atoms with Crippen LogP contribution in [0.25, 0.3) is 11.5 Å². The first-order valence-corrected chi connectivity index (χ1v) is 10.9. The quantitative estimate of drug-likeness (QED) is 0.436. The van der Waals surface area contributed by atoms with E-state index >= 15 is 0 Å². The third-order valence-corrected chi connectivity index (χ3v) is 5.22. The average molecular weight is 452 g/mol.